The average molecular weight is 288 g/mol. The topological polar surface area (TPSA) is 132 Å². The van der Waals surface area contributed by atoms with Gasteiger partial charge in [0, 0.05) is 6.54 Å². The summed E-state index contributed by atoms with van der Waals surface area (Å²) < 4.78 is 6.11. The predicted molar refractivity (Wildman–Crippen MR) is 70.5 cm³/mol. The molecule has 21 heavy (non-hydrogen) atoms. The monoisotopic (exact) mass is 288 g/mol. The molecule has 0 radical (unpaired) electrons. The van der Waals surface area contributed by atoms with Crippen LogP contribution < -0.4 is 10.6 Å². The molecular weight excluding hydrogens is 276 g/mol. The highest BCUT2D eigenvalue weighted by Crippen LogP contribution is 2.08. The fraction of sp³-hybridized carbons (Fsp3) is 0.300. The number of hydrogen-bond donors (Lipinski definition) is 2. The highest BCUT2D eigenvalue weighted by molar-refractivity contribution is 5.37. The molecule has 0 aliphatic carbocycles. The summed E-state index contributed by atoms with van der Waals surface area (Å²) in [5.74, 6) is 1.67. The van der Waals surface area contributed by atoms with E-state index >= 15 is 0 Å². The van der Waals surface area contributed by atoms with Gasteiger partial charge in [0.1, 0.15) is 12.7 Å². The molecule has 0 spiro atoms. The van der Waals surface area contributed by atoms with Crippen LogP contribution in [0.4, 0.5) is 11.9 Å². The van der Waals surface area contributed by atoms with Gasteiger partial charge >= 0.3 is 0 Å². The largest absolute Gasteiger partial charge is 0.354 e. The fourth-order valence-electron chi connectivity index (χ4n) is 1.52. The first-order valence-corrected chi connectivity index (χ1v) is 6.19. The first kappa shape index (κ1) is 12.9. The van der Waals surface area contributed by atoms with Gasteiger partial charge in [-0.25, -0.2) is 4.98 Å². The first-order chi connectivity index (χ1) is 10.3. The Bertz CT molecular complexity index is 680. The minimum Gasteiger partial charge on any atom is -0.354 e. The smallest absolute Gasteiger partial charge is 0.258 e. The molecule has 3 aromatic rings. The van der Waals surface area contributed by atoms with Gasteiger partial charge in [-0.15, -0.1) is 0 Å². The Balaban J connectivity index is 1.84. The van der Waals surface area contributed by atoms with Gasteiger partial charge in [-0.05, 0) is 6.92 Å². The lowest BCUT2D eigenvalue weighted by molar-refractivity contribution is 0.411. The lowest BCUT2D eigenvalue weighted by Gasteiger charge is -2.07. The number of nitrogens with zero attached hydrogens (tertiary/aromatic N) is 8. The molecule has 0 fully saturated rings. The van der Waals surface area contributed by atoms with Crippen LogP contribution in [-0.4, -0.2) is 46.4 Å². The summed E-state index contributed by atoms with van der Waals surface area (Å²) in [6.07, 6.45) is 4.17. The lowest BCUT2D eigenvalue weighted by Crippen LogP contribution is -2.13. The van der Waals surface area contributed by atoms with Crippen LogP contribution >= 0.6 is 0 Å². The minimum absolute atomic E-state index is 0.336. The molecule has 2 N–H and O–H groups in total. The maximum atomic E-state index is 4.66. The summed E-state index contributed by atoms with van der Waals surface area (Å²) in [5.41, 5.74) is 0. The van der Waals surface area contributed by atoms with Crippen LogP contribution in [0, 0.1) is 0 Å². The number of rotatable bonds is 6. The molecule has 0 amide bonds. The molecule has 108 valence electrons. The summed E-state index contributed by atoms with van der Waals surface area (Å²) >= 11 is 0. The van der Waals surface area contributed by atoms with Crippen LogP contribution in [0.1, 0.15) is 12.7 Å². The standard InChI is InChI=1S/C10H12N10O/c1-2-12-8-16-9(13-3-7-14-6-21-19-7)18-10(17-8)20-5-11-4-15-20/h4-6H,2-3H2,1H3,(H2,12,13,16,17,18). The lowest BCUT2D eigenvalue weighted by atomic mass is 10.6. The van der Waals surface area contributed by atoms with Crippen molar-refractivity contribution < 1.29 is 4.52 Å². The minimum atomic E-state index is 0.336. The average Bonchev–Trinajstić information content (AvgIpc) is 3.19. The molecule has 11 nitrogen and oxygen atoms in total. The third-order valence-corrected chi connectivity index (χ3v) is 2.39. The van der Waals surface area contributed by atoms with Crippen molar-refractivity contribution in [3.8, 4) is 5.95 Å². The maximum Gasteiger partial charge on any atom is 0.258 e. The van der Waals surface area contributed by atoms with Gasteiger partial charge in [-0.2, -0.15) is 29.7 Å². The van der Waals surface area contributed by atoms with Crippen molar-refractivity contribution in [1.82, 2.24) is 39.9 Å². The Morgan fingerprint density at radius 1 is 1.19 bits per heavy atom. The van der Waals surface area contributed by atoms with Gasteiger partial charge in [0.15, 0.2) is 5.82 Å². The number of anilines is 2. The second-order valence-corrected chi connectivity index (χ2v) is 3.85. The molecule has 11 heteroatoms. The van der Waals surface area contributed by atoms with Gasteiger partial charge in [-0.3, -0.25) is 0 Å². The van der Waals surface area contributed by atoms with Crippen LogP contribution in [-0.2, 0) is 6.54 Å². The van der Waals surface area contributed by atoms with E-state index < -0.39 is 0 Å². The van der Waals surface area contributed by atoms with Crippen LogP contribution in [0.2, 0.25) is 0 Å². The van der Waals surface area contributed by atoms with E-state index in [9.17, 15) is 0 Å². The van der Waals surface area contributed by atoms with E-state index in [1.807, 2.05) is 6.92 Å². The van der Waals surface area contributed by atoms with E-state index in [4.69, 9.17) is 0 Å². The second-order valence-electron chi connectivity index (χ2n) is 3.85. The maximum absolute atomic E-state index is 4.66. The second kappa shape index (κ2) is 5.90. The fourth-order valence-corrected chi connectivity index (χ4v) is 1.52. The Labute approximate surface area is 118 Å². The van der Waals surface area contributed by atoms with Crippen LogP contribution in [0.5, 0.6) is 0 Å². The van der Waals surface area contributed by atoms with E-state index in [0.29, 0.717) is 36.8 Å². The van der Waals surface area contributed by atoms with E-state index in [2.05, 4.69) is 50.3 Å². The quantitative estimate of drug-likeness (QED) is 0.632. The molecule has 0 saturated carbocycles. The van der Waals surface area contributed by atoms with Gasteiger partial charge < -0.3 is 15.2 Å². The number of aromatic nitrogens is 8. The van der Waals surface area contributed by atoms with Crippen molar-refractivity contribution in [1.29, 1.82) is 0 Å². The van der Waals surface area contributed by atoms with Crippen LogP contribution in [0.25, 0.3) is 5.95 Å². The van der Waals surface area contributed by atoms with Crippen LogP contribution in [0.15, 0.2) is 23.6 Å². The van der Waals surface area contributed by atoms with E-state index in [0.717, 1.165) is 0 Å². The van der Waals surface area contributed by atoms with Gasteiger partial charge in [0.05, 0.1) is 6.54 Å². The molecule has 0 aromatic carbocycles. The summed E-state index contributed by atoms with van der Waals surface area (Å²) in [7, 11) is 0. The highest BCUT2D eigenvalue weighted by Gasteiger charge is 2.09. The predicted octanol–water partition coefficient (Wildman–Crippen LogP) is -0.121. The zero-order valence-corrected chi connectivity index (χ0v) is 11.1. The third-order valence-electron chi connectivity index (χ3n) is 2.39. The summed E-state index contributed by atoms with van der Waals surface area (Å²) in [6.45, 7) is 2.97. The van der Waals surface area contributed by atoms with Crippen molar-refractivity contribution in [2.24, 2.45) is 0 Å². The van der Waals surface area contributed by atoms with Crippen molar-refractivity contribution in [3.63, 3.8) is 0 Å². The molecule has 0 atom stereocenters. The number of nitrogens with one attached hydrogen (secondary N) is 2. The first-order valence-electron chi connectivity index (χ1n) is 6.19. The zero-order valence-electron chi connectivity index (χ0n) is 11.1. The van der Waals surface area contributed by atoms with Crippen molar-refractivity contribution in [3.05, 3.63) is 24.9 Å². The molecular formula is C10H12N10O. The number of hydrogen-bond acceptors (Lipinski definition) is 10. The molecule has 0 saturated heterocycles. The Kier molecular flexibility index (Phi) is 3.62. The van der Waals surface area contributed by atoms with E-state index in [-0.39, 0.29) is 0 Å². The normalized spacial score (nSPS) is 10.5. The summed E-state index contributed by atoms with van der Waals surface area (Å²) in [4.78, 5) is 20.5. The molecule has 3 rings (SSSR count). The Hall–Kier alpha value is -3.11. The van der Waals surface area contributed by atoms with Crippen molar-refractivity contribution in [2.45, 2.75) is 13.5 Å². The van der Waals surface area contributed by atoms with Gasteiger partial charge in [0.25, 0.3) is 5.95 Å². The van der Waals surface area contributed by atoms with Crippen LogP contribution in [0.3, 0.4) is 0 Å². The Morgan fingerprint density at radius 2 is 2.05 bits per heavy atom. The molecule has 0 unspecified atom stereocenters. The molecule has 0 aliphatic rings. The van der Waals surface area contributed by atoms with E-state index in [1.54, 1.807) is 0 Å². The SMILES string of the molecule is CCNc1nc(NCc2ncon2)nc(-n2cncn2)n1. The van der Waals surface area contributed by atoms with Gasteiger partial charge in [0.2, 0.25) is 18.3 Å². The molecule has 0 bridgehead atoms. The summed E-state index contributed by atoms with van der Waals surface area (Å²) in [6, 6.07) is 0. The highest BCUT2D eigenvalue weighted by atomic mass is 16.5. The van der Waals surface area contributed by atoms with Gasteiger partial charge in [-0.1, -0.05) is 5.16 Å². The molecule has 0 aliphatic heterocycles. The molecule has 3 aromatic heterocycles. The van der Waals surface area contributed by atoms with E-state index in [1.165, 1.54) is 23.7 Å². The Morgan fingerprint density at radius 3 is 2.71 bits per heavy atom. The summed E-state index contributed by atoms with van der Waals surface area (Å²) in [5, 5.41) is 13.7. The zero-order chi connectivity index (χ0) is 14.5. The van der Waals surface area contributed by atoms with Crippen molar-refractivity contribution >= 4 is 11.9 Å². The molecule has 3 heterocycles. The third kappa shape index (κ3) is 3.08. The van der Waals surface area contributed by atoms with Crippen molar-refractivity contribution in [2.75, 3.05) is 17.2 Å².